The number of carbonyl (C=O) groups excluding carboxylic acids is 1. The maximum Gasteiger partial charge on any atom is 0.356 e. The van der Waals surface area contributed by atoms with Crippen LogP contribution in [0, 0.1) is 18.6 Å². The van der Waals surface area contributed by atoms with Crippen molar-refractivity contribution >= 4 is 21.9 Å². The fraction of sp³-hybridized carbons (Fsp3) is 0.150. The lowest BCUT2D eigenvalue weighted by Gasteiger charge is -2.15. The summed E-state index contributed by atoms with van der Waals surface area (Å²) in [6.45, 7) is 1.49. The summed E-state index contributed by atoms with van der Waals surface area (Å²) in [4.78, 5) is 28.5. The minimum absolute atomic E-state index is 0.0551. The summed E-state index contributed by atoms with van der Waals surface area (Å²) in [5, 5.41) is 0. The van der Waals surface area contributed by atoms with Crippen molar-refractivity contribution < 1.29 is 23.0 Å². The zero-order valence-corrected chi connectivity index (χ0v) is 17.0. The zero-order chi connectivity index (χ0) is 21.1. The molecule has 1 aromatic carbocycles. The molecule has 150 valence electrons. The fourth-order valence-corrected chi connectivity index (χ4v) is 3.08. The van der Waals surface area contributed by atoms with Gasteiger partial charge in [-0.05, 0) is 47.1 Å². The Morgan fingerprint density at radius 3 is 2.66 bits per heavy atom. The Morgan fingerprint density at radius 2 is 1.97 bits per heavy atom. The van der Waals surface area contributed by atoms with Crippen molar-refractivity contribution in [3.63, 3.8) is 0 Å². The van der Waals surface area contributed by atoms with Gasteiger partial charge in [-0.15, -0.1) is 0 Å². The third kappa shape index (κ3) is 4.34. The van der Waals surface area contributed by atoms with Crippen LogP contribution in [0.25, 0.3) is 5.69 Å². The first-order valence-electron chi connectivity index (χ1n) is 8.35. The van der Waals surface area contributed by atoms with E-state index in [0.717, 1.165) is 12.1 Å². The van der Waals surface area contributed by atoms with Gasteiger partial charge in [0.15, 0.2) is 0 Å². The predicted molar refractivity (Wildman–Crippen MR) is 104 cm³/mol. The van der Waals surface area contributed by atoms with Gasteiger partial charge in [0.2, 0.25) is 0 Å². The topological polar surface area (TPSA) is 70.4 Å². The van der Waals surface area contributed by atoms with Crippen molar-refractivity contribution in [3.8, 4) is 11.4 Å². The number of pyridine rings is 2. The van der Waals surface area contributed by atoms with Crippen LogP contribution in [0.2, 0.25) is 0 Å². The molecule has 29 heavy (non-hydrogen) atoms. The average Bonchev–Trinajstić information content (AvgIpc) is 2.70. The van der Waals surface area contributed by atoms with E-state index in [-0.39, 0.29) is 28.1 Å². The summed E-state index contributed by atoms with van der Waals surface area (Å²) >= 11 is 3.21. The van der Waals surface area contributed by atoms with Gasteiger partial charge in [0.05, 0.1) is 12.8 Å². The van der Waals surface area contributed by atoms with E-state index in [4.69, 9.17) is 4.74 Å². The number of benzene rings is 1. The molecule has 3 rings (SSSR count). The summed E-state index contributed by atoms with van der Waals surface area (Å²) < 4.78 is 38.5. The minimum atomic E-state index is -0.738. The molecule has 0 amide bonds. The molecule has 0 saturated heterocycles. The summed E-state index contributed by atoms with van der Waals surface area (Å²) in [5.74, 6) is -1.85. The molecular formula is C20H15BrF2N2O4. The second kappa shape index (κ2) is 8.52. The molecule has 0 atom stereocenters. The van der Waals surface area contributed by atoms with Gasteiger partial charge in [-0.1, -0.05) is 0 Å². The Morgan fingerprint density at radius 1 is 1.21 bits per heavy atom. The second-order valence-electron chi connectivity index (χ2n) is 6.02. The van der Waals surface area contributed by atoms with Crippen LogP contribution >= 0.6 is 15.9 Å². The standard InChI is InChI=1S/C20H15BrF2N2O4/c1-11-7-17(29-10-12-3-4-13(22)8-15(12)23)18(21)19(26)25(11)14-5-6-24-16(9-14)20(27)28-2/h3-9H,10H2,1-2H3. The van der Waals surface area contributed by atoms with E-state index >= 15 is 0 Å². The lowest BCUT2D eigenvalue weighted by molar-refractivity contribution is 0.0594. The maximum absolute atomic E-state index is 13.8. The number of ether oxygens (including phenoxy) is 2. The number of aromatic nitrogens is 2. The molecule has 3 aromatic rings. The Bertz CT molecular complexity index is 1150. The zero-order valence-electron chi connectivity index (χ0n) is 15.4. The van der Waals surface area contributed by atoms with Crippen LogP contribution in [-0.4, -0.2) is 22.6 Å². The van der Waals surface area contributed by atoms with Gasteiger partial charge in [-0.2, -0.15) is 0 Å². The minimum Gasteiger partial charge on any atom is -0.487 e. The van der Waals surface area contributed by atoms with Crippen LogP contribution in [0.1, 0.15) is 21.7 Å². The predicted octanol–water partition coefficient (Wildman–Crippen LogP) is 3.95. The van der Waals surface area contributed by atoms with Crippen molar-refractivity contribution in [2.24, 2.45) is 0 Å². The Hall–Kier alpha value is -3.07. The van der Waals surface area contributed by atoms with Crippen LogP contribution < -0.4 is 10.3 Å². The highest BCUT2D eigenvalue weighted by molar-refractivity contribution is 9.10. The van der Waals surface area contributed by atoms with E-state index in [1.165, 1.54) is 30.0 Å². The number of hydrogen-bond donors (Lipinski definition) is 0. The number of rotatable bonds is 5. The van der Waals surface area contributed by atoms with Gasteiger partial charge in [-0.25, -0.2) is 18.6 Å². The summed E-state index contributed by atoms with van der Waals surface area (Å²) in [5.41, 5.74) is 0.688. The highest BCUT2D eigenvalue weighted by Gasteiger charge is 2.16. The van der Waals surface area contributed by atoms with Crippen molar-refractivity contribution in [2.75, 3.05) is 7.11 Å². The van der Waals surface area contributed by atoms with E-state index in [2.05, 4.69) is 25.7 Å². The average molecular weight is 465 g/mol. The van der Waals surface area contributed by atoms with Crippen molar-refractivity contribution in [3.05, 3.63) is 86.0 Å². The lowest BCUT2D eigenvalue weighted by Crippen LogP contribution is -2.22. The molecular weight excluding hydrogens is 450 g/mol. The molecule has 0 fully saturated rings. The number of esters is 1. The molecule has 9 heteroatoms. The molecule has 0 N–H and O–H groups in total. The number of aryl methyl sites for hydroxylation is 1. The molecule has 0 saturated carbocycles. The summed E-state index contributed by atoms with van der Waals surface area (Å²) in [6, 6.07) is 7.76. The van der Waals surface area contributed by atoms with E-state index in [1.54, 1.807) is 19.1 Å². The van der Waals surface area contributed by atoms with Crippen LogP contribution in [0.15, 0.2) is 51.9 Å². The van der Waals surface area contributed by atoms with Gasteiger partial charge < -0.3 is 9.47 Å². The number of methoxy groups -OCH3 is 1. The number of halogens is 3. The smallest absolute Gasteiger partial charge is 0.356 e. The van der Waals surface area contributed by atoms with Gasteiger partial charge in [0.25, 0.3) is 5.56 Å². The first-order valence-corrected chi connectivity index (χ1v) is 9.14. The molecule has 0 aliphatic heterocycles. The highest BCUT2D eigenvalue weighted by Crippen LogP contribution is 2.25. The van der Waals surface area contributed by atoms with Crippen molar-refractivity contribution in [1.82, 2.24) is 9.55 Å². The molecule has 0 unspecified atom stereocenters. The summed E-state index contributed by atoms with van der Waals surface area (Å²) in [7, 11) is 1.24. The molecule has 0 radical (unpaired) electrons. The molecule has 0 spiro atoms. The van der Waals surface area contributed by atoms with Crippen LogP contribution in [-0.2, 0) is 11.3 Å². The largest absolute Gasteiger partial charge is 0.487 e. The van der Waals surface area contributed by atoms with E-state index in [0.29, 0.717) is 11.4 Å². The van der Waals surface area contributed by atoms with Crippen molar-refractivity contribution in [2.45, 2.75) is 13.5 Å². The molecule has 0 aliphatic carbocycles. The lowest BCUT2D eigenvalue weighted by atomic mass is 10.2. The maximum atomic E-state index is 13.8. The Kier molecular flexibility index (Phi) is 6.07. The third-order valence-electron chi connectivity index (χ3n) is 4.09. The highest BCUT2D eigenvalue weighted by atomic mass is 79.9. The number of nitrogens with zero attached hydrogens (tertiary/aromatic N) is 2. The molecule has 6 nitrogen and oxygen atoms in total. The summed E-state index contributed by atoms with van der Waals surface area (Å²) in [6.07, 6.45) is 1.39. The first kappa shape index (κ1) is 20.7. The van der Waals surface area contributed by atoms with E-state index < -0.39 is 23.2 Å². The quantitative estimate of drug-likeness (QED) is 0.534. The number of carbonyl (C=O) groups is 1. The molecule has 0 aliphatic rings. The van der Waals surface area contributed by atoms with Crippen LogP contribution in [0.3, 0.4) is 0 Å². The third-order valence-corrected chi connectivity index (χ3v) is 4.82. The molecule has 2 heterocycles. The number of hydrogen-bond acceptors (Lipinski definition) is 5. The molecule has 0 bridgehead atoms. The van der Waals surface area contributed by atoms with E-state index in [9.17, 15) is 18.4 Å². The molecule has 2 aromatic heterocycles. The van der Waals surface area contributed by atoms with Gasteiger partial charge in [0.1, 0.15) is 34.2 Å². The SMILES string of the molecule is COC(=O)c1cc(-n2c(C)cc(OCc3ccc(F)cc3F)c(Br)c2=O)ccn1. The van der Waals surface area contributed by atoms with Gasteiger partial charge in [0, 0.05) is 29.6 Å². The van der Waals surface area contributed by atoms with Crippen LogP contribution in [0.5, 0.6) is 5.75 Å². The normalized spacial score (nSPS) is 10.7. The second-order valence-corrected chi connectivity index (χ2v) is 6.81. The first-order chi connectivity index (χ1) is 13.8. The van der Waals surface area contributed by atoms with Crippen LogP contribution in [0.4, 0.5) is 8.78 Å². The fourth-order valence-electron chi connectivity index (χ4n) is 2.68. The van der Waals surface area contributed by atoms with E-state index in [1.807, 2.05) is 0 Å². The van der Waals surface area contributed by atoms with Gasteiger partial charge in [-0.3, -0.25) is 9.36 Å². The Balaban J connectivity index is 1.95. The van der Waals surface area contributed by atoms with Gasteiger partial charge >= 0.3 is 5.97 Å². The Labute approximate surface area is 172 Å². The monoisotopic (exact) mass is 464 g/mol. The van der Waals surface area contributed by atoms with Crippen molar-refractivity contribution in [1.29, 1.82) is 0 Å².